The standard InChI is InChI=1S/C11H16N2O2/c1-13(11-3-5-15-8-11)10-2-4-12-9(6-10)7-14/h2,4,6,11,14H,3,5,7-8H2,1H3. The van der Waals surface area contributed by atoms with E-state index in [1.54, 1.807) is 6.20 Å². The molecule has 0 aromatic carbocycles. The van der Waals surface area contributed by atoms with Crippen molar-refractivity contribution in [3.8, 4) is 0 Å². The molecule has 1 saturated heterocycles. The number of aromatic nitrogens is 1. The van der Waals surface area contributed by atoms with Crippen LogP contribution < -0.4 is 4.90 Å². The fraction of sp³-hybridized carbons (Fsp3) is 0.545. The first-order valence-electron chi connectivity index (χ1n) is 5.17. The fourth-order valence-corrected chi connectivity index (χ4v) is 1.81. The molecular formula is C11H16N2O2. The maximum Gasteiger partial charge on any atom is 0.0853 e. The molecule has 4 nitrogen and oxygen atoms in total. The molecule has 1 aliphatic rings. The molecule has 0 spiro atoms. The van der Waals surface area contributed by atoms with E-state index in [1.807, 2.05) is 12.1 Å². The van der Waals surface area contributed by atoms with Crippen molar-refractivity contribution in [2.24, 2.45) is 0 Å². The average molecular weight is 208 g/mol. The third kappa shape index (κ3) is 2.27. The highest BCUT2D eigenvalue weighted by atomic mass is 16.5. The Morgan fingerprint density at radius 1 is 1.67 bits per heavy atom. The van der Waals surface area contributed by atoms with Gasteiger partial charge in [0.1, 0.15) is 0 Å². The van der Waals surface area contributed by atoms with E-state index in [0.29, 0.717) is 11.7 Å². The zero-order chi connectivity index (χ0) is 10.7. The molecule has 0 saturated carbocycles. The molecule has 0 bridgehead atoms. The summed E-state index contributed by atoms with van der Waals surface area (Å²) in [5, 5.41) is 9.00. The van der Waals surface area contributed by atoms with E-state index in [2.05, 4.69) is 16.9 Å². The molecule has 1 N–H and O–H groups in total. The van der Waals surface area contributed by atoms with Crippen LogP contribution in [-0.4, -0.2) is 36.4 Å². The highest BCUT2D eigenvalue weighted by Crippen LogP contribution is 2.20. The van der Waals surface area contributed by atoms with E-state index in [1.165, 1.54) is 0 Å². The Hall–Kier alpha value is -1.13. The third-order valence-corrected chi connectivity index (χ3v) is 2.82. The lowest BCUT2D eigenvalue weighted by Gasteiger charge is -2.25. The van der Waals surface area contributed by atoms with Gasteiger partial charge in [0.2, 0.25) is 0 Å². The van der Waals surface area contributed by atoms with Crippen LogP contribution in [0.2, 0.25) is 0 Å². The predicted octanol–water partition coefficient (Wildman–Crippen LogP) is 0.799. The molecule has 1 unspecified atom stereocenters. The van der Waals surface area contributed by atoms with Gasteiger partial charge in [0.05, 0.1) is 24.9 Å². The molecule has 1 aliphatic heterocycles. The number of hydrogen-bond acceptors (Lipinski definition) is 4. The fourth-order valence-electron chi connectivity index (χ4n) is 1.81. The quantitative estimate of drug-likeness (QED) is 0.798. The van der Waals surface area contributed by atoms with Crippen LogP contribution in [0.3, 0.4) is 0 Å². The van der Waals surface area contributed by atoms with Crippen molar-refractivity contribution in [1.29, 1.82) is 0 Å². The molecule has 1 fully saturated rings. The molecule has 4 heteroatoms. The summed E-state index contributed by atoms with van der Waals surface area (Å²) in [5.41, 5.74) is 1.79. The largest absolute Gasteiger partial charge is 0.390 e. The Balaban J connectivity index is 2.13. The van der Waals surface area contributed by atoms with Gasteiger partial charge in [-0.3, -0.25) is 4.98 Å². The Morgan fingerprint density at radius 3 is 3.20 bits per heavy atom. The Bertz CT molecular complexity index is 324. The van der Waals surface area contributed by atoms with E-state index in [0.717, 1.165) is 25.3 Å². The van der Waals surface area contributed by atoms with Crippen molar-refractivity contribution >= 4 is 5.69 Å². The van der Waals surface area contributed by atoms with Crippen LogP contribution in [0, 0.1) is 0 Å². The summed E-state index contributed by atoms with van der Waals surface area (Å²) in [6, 6.07) is 4.31. The summed E-state index contributed by atoms with van der Waals surface area (Å²) in [6.07, 6.45) is 2.79. The molecule has 2 heterocycles. The molecule has 1 atom stereocenters. The van der Waals surface area contributed by atoms with Crippen LogP contribution in [0.4, 0.5) is 5.69 Å². The van der Waals surface area contributed by atoms with Gasteiger partial charge in [-0.15, -0.1) is 0 Å². The van der Waals surface area contributed by atoms with Gasteiger partial charge in [-0.1, -0.05) is 0 Å². The number of rotatable bonds is 3. The van der Waals surface area contributed by atoms with Gasteiger partial charge in [0.15, 0.2) is 0 Å². The van der Waals surface area contributed by atoms with Crippen LogP contribution in [0.15, 0.2) is 18.3 Å². The Morgan fingerprint density at radius 2 is 2.53 bits per heavy atom. The van der Waals surface area contributed by atoms with E-state index in [9.17, 15) is 0 Å². The second-order valence-corrected chi connectivity index (χ2v) is 3.79. The van der Waals surface area contributed by atoms with Gasteiger partial charge >= 0.3 is 0 Å². The minimum atomic E-state index is -0.0111. The van der Waals surface area contributed by atoms with Crippen LogP contribution in [0.5, 0.6) is 0 Å². The van der Waals surface area contributed by atoms with Gasteiger partial charge in [0.25, 0.3) is 0 Å². The average Bonchev–Trinajstić information content (AvgIpc) is 2.81. The molecular weight excluding hydrogens is 192 g/mol. The van der Waals surface area contributed by atoms with Gasteiger partial charge < -0.3 is 14.7 Å². The summed E-state index contributed by atoms with van der Waals surface area (Å²) in [5.74, 6) is 0. The molecule has 0 amide bonds. The van der Waals surface area contributed by atoms with Crippen LogP contribution in [0.1, 0.15) is 12.1 Å². The first-order valence-corrected chi connectivity index (χ1v) is 5.17. The van der Waals surface area contributed by atoms with E-state index in [4.69, 9.17) is 9.84 Å². The lowest BCUT2D eigenvalue weighted by atomic mass is 10.2. The van der Waals surface area contributed by atoms with Crippen molar-refractivity contribution in [3.05, 3.63) is 24.0 Å². The molecule has 15 heavy (non-hydrogen) atoms. The second-order valence-electron chi connectivity index (χ2n) is 3.79. The summed E-state index contributed by atoms with van der Waals surface area (Å²) >= 11 is 0. The number of pyridine rings is 1. The van der Waals surface area contributed by atoms with Gasteiger partial charge in [-0.05, 0) is 18.6 Å². The first kappa shape index (κ1) is 10.4. The van der Waals surface area contributed by atoms with E-state index in [-0.39, 0.29) is 6.61 Å². The van der Waals surface area contributed by atoms with Crippen molar-refractivity contribution < 1.29 is 9.84 Å². The van der Waals surface area contributed by atoms with Gasteiger partial charge in [-0.2, -0.15) is 0 Å². The molecule has 2 rings (SSSR count). The topological polar surface area (TPSA) is 45.6 Å². The molecule has 1 aromatic rings. The number of aliphatic hydroxyl groups is 1. The summed E-state index contributed by atoms with van der Waals surface area (Å²) in [7, 11) is 2.05. The van der Waals surface area contributed by atoms with Crippen molar-refractivity contribution in [2.75, 3.05) is 25.2 Å². The monoisotopic (exact) mass is 208 g/mol. The zero-order valence-corrected chi connectivity index (χ0v) is 8.89. The molecule has 82 valence electrons. The minimum Gasteiger partial charge on any atom is -0.390 e. The van der Waals surface area contributed by atoms with Crippen LogP contribution in [-0.2, 0) is 11.3 Å². The SMILES string of the molecule is CN(c1ccnc(CO)c1)C1CCOC1. The van der Waals surface area contributed by atoms with E-state index >= 15 is 0 Å². The normalized spacial score (nSPS) is 20.5. The number of anilines is 1. The Kier molecular flexibility index (Phi) is 3.18. The van der Waals surface area contributed by atoms with Crippen LogP contribution >= 0.6 is 0 Å². The summed E-state index contributed by atoms with van der Waals surface area (Å²) in [4.78, 5) is 6.25. The summed E-state index contributed by atoms with van der Waals surface area (Å²) in [6.45, 7) is 1.61. The minimum absolute atomic E-state index is 0.0111. The summed E-state index contributed by atoms with van der Waals surface area (Å²) < 4.78 is 5.35. The maximum absolute atomic E-state index is 9.00. The number of nitrogens with zero attached hydrogens (tertiary/aromatic N) is 2. The van der Waals surface area contributed by atoms with E-state index < -0.39 is 0 Å². The second kappa shape index (κ2) is 4.59. The van der Waals surface area contributed by atoms with Crippen molar-refractivity contribution in [1.82, 2.24) is 4.98 Å². The molecule has 0 radical (unpaired) electrons. The van der Waals surface area contributed by atoms with Crippen LogP contribution in [0.25, 0.3) is 0 Å². The lowest BCUT2D eigenvalue weighted by Crippen LogP contribution is -2.31. The molecule has 0 aliphatic carbocycles. The zero-order valence-electron chi connectivity index (χ0n) is 8.89. The maximum atomic E-state index is 9.00. The predicted molar refractivity (Wildman–Crippen MR) is 57.8 cm³/mol. The van der Waals surface area contributed by atoms with Gasteiger partial charge in [0, 0.05) is 25.5 Å². The molecule has 1 aromatic heterocycles. The van der Waals surface area contributed by atoms with Gasteiger partial charge in [-0.25, -0.2) is 0 Å². The highest BCUT2D eigenvalue weighted by molar-refractivity contribution is 5.46. The number of aliphatic hydroxyl groups excluding tert-OH is 1. The first-order chi connectivity index (χ1) is 7.31. The number of likely N-dealkylation sites (N-methyl/N-ethyl adjacent to an activating group) is 1. The number of hydrogen-bond donors (Lipinski definition) is 1. The number of ether oxygens (including phenoxy) is 1. The van der Waals surface area contributed by atoms with Crippen molar-refractivity contribution in [2.45, 2.75) is 19.1 Å². The smallest absolute Gasteiger partial charge is 0.0853 e. The third-order valence-electron chi connectivity index (χ3n) is 2.82. The Labute approximate surface area is 89.5 Å². The van der Waals surface area contributed by atoms with Crippen molar-refractivity contribution in [3.63, 3.8) is 0 Å². The lowest BCUT2D eigenvalue weighted by molar-refractivity contribution is 0.193. The highest BCUT2D eigenvalue weighted by Gasteiger charge is 2.20.